The maximum atomic E-state index is 6.10. The monoisotopic (exact) mass is 292 g/mol. The van der Waals surface area contributed by atoms with E-state index in [2.05, 4.69) is 37.8 Å². The van der Waals surface area contributed by atoms with Gasteiger partial charge in [0.15, 0.2) is 0 Å². The van der Waals surface area contributed by atoms with Crippen molar-refractivity contribution in [3.8, 4) is 5.75 Å². The molecule has 1 aliphatic heterocycles. The third-order valence-electron chi connectivity index (χ3n) is 4.41. The molecule has 1 aromatic rings. The van der Waals surface area contributed by atoms with Gasteiger partial charge < -0.3 is 15.2 Å². The first kappa shape index (κ1) is 16.3. The number of aryl methyl sites for hydroxylation is 1. The summed E-state index contributed by atoms with van der Waals surface area (Å²) in [5.41, 5.74) is 8.53. The topological polar surface area (TPSA) is 47.7 Å². The third kappa shape index (κ3) is 3.57. The number of nitrogens with zero attached hydrogens (tertiary/aromatic N) is 1. The number of morpholine rings is 1. The van der Waals surface area contributed by atoms with Gasteiger partial charge in [-0.25, -0.2) is 0 Å². The Balaban J connectivity index is 2.26. The Kier molecular flexibility index (Phi) is 5.62. The molecular formula is C17H28N2O2. The Bertz CT molecular complexity index is 464. The van der Waals surface area contributed by atoms with Crippen LogP contribution in [0.25, 0.3) is 0 Å². The number of ether oxygens (including phenoxy) is 2. The molecule has 2 rings (SSSR count). The van der Waals surface area contributed by atoms with E-state index < -0.39 is 0 Å². The van der Waals surface area contributed by atoms with Crippen LogP contribution in [0.1, 0.15) is 37.4 Å². The lowest BCUT2D eigenvalue weighted by atomic mass is 9.98. The van der Waals surface area contributed by atoms with Crippen molar-refractivity contribution in [2.24, 2.45) is 5.73 Å². The van der Waals surface area contributed by atoms with E-state index in [0.717, 1.165) is 30.9 Å². The summed E-state index contributed by atoms with van der Waals surface area (Å²) in [6.07, 6.45) is 1.35. The molecule has 1 fully saturated rings. The molecule has 3 unspecified atom stereocenters. The predicted molar refractivity (Wildman–Crippen MR) is 85.7 cm³/mol. The van der Waals surface area contributed by atoms with Crippen LogP contribution in [0.15, 0.2) is 18.2 Å². The van der Waals surface area contributed by atoms with Gasteiger partial charge in [-0.3, -0.25) is 4.90 Å². The largest absolute Gasteiger partial charge is 0.496 e. The Labute approximate surface area is 128 Å². The van der Waals surface area contributed by atoms with E-state index in [9.17, 15) is 0 Å². The van der Waals surface area contributed by atoms with Crippen molar-refractivity contribution in [3.05, 3.63) is 29.3 Å². The van der Waals surface area contributed by atoms with Crippen LogP contribution in [-0.2, 0) is 4.74 Å². The molecular weight excluding hydrogens is 264 g/mol. The van der Waals surface area contributed by atoms with Crippen LogP contribution in [0.4, 0.5) is 0 Å². The lowest BCUT2D eigenvalue weighted by Crippen LogP contribution is -2.51. The second kappa shape index (κ2) is 7.25. The van der Waals surface area contributed by atoms with Gasteiger partial charge in [-0.2, -0.15) is 0 Å². The van der Waals surface area contributed by atoms with Crippen molar-refractivity contribution in [1.29, 1.82) is 0 Å². The van der Waals surface area contributed by atoms with Crippen LogP contribution < -0.4 is 10.5 Å². The summed E-state index contributed by atoms with van der Waals surface area (Å²) < 4.78 is 11.2. The fourth-order valence-corrected chi connectivity index (χ4v) is 3.18. The quantitative estimate of drug-likeness (QED) is 0.906. The van der Waals surface area contributed by atoms with Crippen molar-refractivity contribution in [1.82, 2.24) is 4.90 Å². The summed E-state index contributed by atoms with van der Waals surface area (Å²) in [7, 11) is 1.71. The summed E-state index contributed by atoms with van der Waals surface area (Å²) in [6.45, 7) is 8.77. The number of benzene rings is 1. The third-order valence-corrected chi connectivity index (χ3v) is 4.41. The van der Waals surface area contributed by atoms with Crippen molar-refractivity contribution < 1.29 is 9.47 Å². The van der Waals surface area contributed by atoms with E-state index in [1.54, 1.807) is 7.11 Å². The van der Waals surface area contributed by atoms with Crippen molar-refractivity contribution in [3.63, 3.8) is 0 Å². The normalized spacial score (nSPS) is 24.8. The summed E-state index contributed by atoms with van der Waals surface area (Å²) in [5.74, 6) is 0.928. The number of hydrogen-bond acceptors (Lipinski definition) is 4. The summed E-state index contributed by atoms with van der Waals surface area (Å²) in [4.78, 5) is 2.51. The molecule has 0 saturated carbocycles. The van der Waals surface area contributed by atoms with Crippen LogP contribution in [0.5, 0.6) is 5.75 Å². The summed E-state index contributed by atoms with van der Waals surface area (Å²) >= 11 is 0. The van der Waals surface area contributed by atoms with Gasteiger partial charge in [0.1, 0.15) is 5.75 Å². The summed E-state index contributed by atoms with van der Waals surface area (Å²) in [6, 6.07) is 7.06. The minimum atomic E-state index is 0.242. The molecule has 4 heteroatoms. The van der Waals surface area contributed by atoms with Crippen LogP contribution in [0, 0.1) is 6.92 Å². The molecule has 4 nitrogen and oxygen atoms in total. The van der Waals surface area contributed by atoms with Gasteiger partial charge >= 0.3 is 0 Å². The number of rotatable bonds is 5. The van der Waals surface area contributed by atoms with Crippen LogP contribution in [0.3, 0.4) is 0 Å². The van der Waals surface area contributed by atoms with Gasteiger partial charge in [-0.15, -0.1) is 0 Å². The maximum absolute atomic E-state index is 6.10. The Morgan fingerprint density at radius 3 is 2.81 bits per heavy atom. The van der Waals surface area contributed by atoms with Crippen molar-refractivity contribution in [2.75, 3.05) is 26.8 Å². The molecule has 0 amide bonds. The Morgan fingerprint density at radius 1 is 1.48 bits per heavy atom. The van der Waals surface area contributed by atoms with Crippen molar-refractivity contribution >= 4 is 0 Å². The van der Waals surface area contributed by atoms with Gasteiger partial charge in [-0.05, 0) is 37.5 Å². The number of methoxy groups -OCH3 is 1. The fraction of sp³-hybridized carbons (Fsp3) is 0.647. The predicted octanol–water partition coefficient (Wildman–Crippen LogP) is 2.50. The second-order valence-electron chi connectivity index (χ2n) is 5.88. The molecule has 3 atom stereocenters. The molecule has 0 spiro atoms. The molecule has 0 bridgehead atoms. The Hall–Kier alpha value is -1.10. The van der Waals surface area contributed by atoms with Crippen LogP contribution in [-0.4, -0.2) is 43.9 Å². The zero-order chi connectivity index (χ0) is 15.4. The van der Waals surface area contributed by atoms with E-state index in [-0.39, 0.29) is 12.1 Å². The molecule has 1 heterocycles. The smallest absolute Gasteiger partial charge is 0.121 e. The first-order valence-corrected chi connectivity index (χ1v) is 7.82. The molecule has 21 heavy (non-hydrogen) atoms. The van der Waals surface area contributed by atoms with Crippen LogP contribution in [0.2, 0.25) is 0 Å². The lowest BCUT2D eigenvalue weighted by molar-refractivity contribution is -0.0719. The molecule has 118 valence electrons. The van der Waals surface area contributed by atoms with Crippen molar-refractivity contribution in [2.45, 2.75) is 45.4 Å². The van der Waals surface area contributed by atoms with E-state index in [4.69, 9.17) is 15.2 Å². The Morgan fingerprint density at radius 2 is 2.24 bits per heavy atom. The highest BCUT2D eigenvalue weighted by Gasteiger charge is 2.31. The number of nitrogens with two attached hydrogens (primary N) is 1. The van der Waals surface area contributed by atoms with Gasteiger partial charge in [-0.1, -0.05) is 19.1 Å². The molecule has 2 N–H and O–H groups in total. The van der Waals surface area contributed by atoms with E-state index in [0.29, 0.717) is 12.6 Å². The van der Waals surface area contributed by atoms with E-state index in [1.807, 2.05) is 6.07 Å². The number of hydrogen-bond donors (Lipinski definition) is 1. The second-order valence-corrected chi connectivity index (χ2v) is 5.88. The molecule has 1 aromatic carbocycles. The summed E-state index contributed by atoms with van der Waals surface area (Å²) in [5, 5.41) is 0. The molecule has 1 aliphatic rings. The maximum Gasteiger partial charge on any atom is 0.121 e. The highest BCUT2D eigenvalue weighted by atomic mass is 16.5. The first-order chi connectivity index (χ1) is 10.1. The lowest BCUT2D eigenvalue weighted by Gasteiger charge is -2.43. The van der Waals surface area contributed by atoms with Gasteiger partial charge in [0.25, 0.3) is 0 Å². The fourth-order valence-electron chi connectivity index (χ4n) is 3.18. The highest BCUT2D eigenvalue weighted by Crippen LogP contribution is 2.29. The van der Waals surface area contributed by atoms with Gasteiger partial charge in [0.05, 0.1) is 19.8 Å². The van der Waals surface area contributed by atoms with Gasteiger partial charge in [0.2, 0.25) is 0 Å². The zero-order valence-electron chi connectivity index (χ0n) is 13.6. The minimum Gasteiger partial charge on any atom is -0.496 e. The molecule has 0 aromatic heterocycles. The van der Waals surface area contributed by atoms with Crippen LogP contribution >= 0.6 is 0 Å². The molecule has 0 radical (unpaired) electrons. The van der Waals surface area contributed by atoms with E-state index >= 15 is 0 Å². The zero-order valence-corrected chi connectivity index (χ0v) is 13.6. The van der Waals surface area contributed by atoms with Gasteiger partial charge in [0, 0.05) is 25.2 Å². The van der Waals surface area contributed by atoms with E-state index in [1.165, 1.54) is 5.56 Å². The highest BCUT2D eigenvalue weighted by molar-refractivity contribution is 5.37. The first-order valence-electron chi connectivity index (χ1n) is 7.82. The average molecular weight is 292 g/mol. The molecule has 1 saturated heterocycles. The minimum absolute atomic E-state index is 0.242. The average Bonchev–Trinajstić information content (AvgIpc) is 2.48. The SMILES string of the molecule is CCC1COC(C)CN1C(CN)c1ccc(OC)c(C)c1. The standard InChI is InChI=1S/C17H28N2O2/c1-5-15-11-21-13(3)10-19(15)16(9-18)14-6-7-17(20-4)12(2)8-14/h6-8,13,15-16H,5,9-11,18H2,1-4H3. The molecule has 0 aliphatic carbocycles.